The Kier molecular flexibility index (Phi) is 13.0. The van der Waals surface area contributed by atoms with Crippen LogP contribution in [0.2, 0.25) is 0 Å². The summed E-state index contributed by atoms with van der Waals surface area (Å²) >= 11 is 0. The normalized spacial score (nSPS) is 28.8. The number of nitrogens with one attached hydrogen (secondary N) is 2. The van der Waals surface area contributed by atoms with Gasteiger partial charge in [0.05, 0.1) is 37.4 Å². The number of carbonyl (C=O) groups excluding carboxylic acids is 4. The highest BCUT2D eigenvalue weighted by molar-refractivity contribution is 5.88. The highest BCUT2D eigenvalue weighted by atomic mass is 16.5. The van der Waals surface area contributed by atoms with Gasteiger partial charge in [-0.25, -0.2) is 0 Å². The summed E-state index contributed by atoms with van der Waals surface area (Å²) in [5, 5.41) is 6.05. The molecular weight excluding hydrogens is 412 g/mol. The summed E-state index contributed by atoms with van der Waals surface area (Å²) in [7, 11) is 0. The van der Waals surface area contributed by atoms with Crippen molar-refractivity contribution in [2.45, 2.75) is 91.5 Å². The van der Waals surface area contributed by atoms with E-state index in [0.717, 1.165) is 12.8 Å². The van der Waals surface area contributed by atoms with Crippen LogP contribution in [0.3, 0.4) is 0 Å². The number of rotatable bonds is 4. The Labute approximate surface area is 192 Å². The highest BCUT2D eigenvalue weighted by Gasteiger charge is 2.27. The van der Waals surface area contributed by atoms with Crippen LogP contribution in [0.5, 0.6) is 0 Å². The first kappa shape index (κ1) is 28.6. The third kappa shape index (κ3) is 9.98. The average molecular weight is 455 g/mol. The number of hydrogen-bond donors (Lipinski definition) is 2. The predicted octanol–water partition coefficient (Wildman–Crippen LogP) is 1.88. The fraction of sp³-hybridized carbons (Fsp3) is 0.833. The number of carbonyl (C=O) groups is 4. The van der Waals surface area contributed by atoms with Crippen molar-refractivity contribution >= 4 is 23.1 Å². The molecule has 0 spiro atoms. The van der Waals surface area contributed by atoms with E-state index >= 15 is 0 Å². The van der Waals surface area contributed by atoms with Crippen LogP contribution >= 0.6 is 0 Å². The first-order valence-electron chi connectivity index (χ1n) is 11.9. The molecule has 2 rings (SSSR count). The van der Waals surface area contributed by atoms with Crippen molar-refractivity contribution in [3.8, 4) is 0 Å². The van der Waals surface area contributed by atoms with Gasteiger partial charge in [0.25, 0.3) is 0 Å². The van der Waals surface area contributed by atoms with E-state index in [-0.39, 0.29) is 85.6 Å². The van der Waals surface area contributed by atoms with Crippen molar-refractivity contribution in [3.05, 3.63) is 0 Å². The van der Waals surface area contributed by atoms with Gasteiger partial charge in [0.15, 0.2) is 11.6 Å². The molecule has 2 aliphatic rings. The maximum atomic E-state index is 11.8. The van der Waals surface area contributed by atoms with Crippen molar-refractivity contribution in [1.82, 2.24) is 10.6 Å². The Balaban J connectivity index is 0.000000320. The van der Waals surface area contributed by atoms with Crippen LogP contribution in [0.15, 0.2) is 0 Å². The molecule has 8 nitrogen and oxygen atoms in total. The molecule has 0 aromatic carbocycles. The zero-order chi connectivity index (χ0) is 24.3. The summed E-state index contributed by atoms with van der Waals surface area (Å²) in [6.07, 6.45) is 2.13. The van der Waals surface area contributed by atoms with Crippen molar-refractivity contribution in [2.24, 2.45) is 11.8 Å². The van der Waals surface area contributed by atoms with E-state index in [4.69, 9.17) is 9.47 Å². The van der Waals surface area contributed by atoms with Crippen LogP contribution in [0.1, 0.15) is 67.2 Å². The second-order valence-corrected chi connectivity index (χ2v) is 9.31. The summed E-state index contributed by atoms with van der Waals surface area (Å²) in [5.74, 6) is 0.690. The van der Waals surface area contributed by atoms with E-state index < -0.39 is 0 Å². The summed E-state index contributed by atoms with van der Waals surface area (Å²) in [6, 6.07) is -0.529. The lowest BCUT2D eigenvalue weighted by Gasteiger charge is -2.19. The van der Waals surface area contributed by atoms with Crippen molar-refractivity contribution in [3.63, 3.8) is 0 Å². The first-order chi connectivity index (χ1) is 15.1. The molecule has 184 valence electrons. The fourth-order valence-electron chi connectivity index (χ4n) is 3.76. The Morgan fingerprint density at radius 2 is 1.06 bits per heavy atom. The third-order valence-corrected chi connectivity index (χ3v) is 5.81. The van der Waals surface area contributed by atoms with Gasteiger partial charge in [-0.2, -0.15) is 0 Å². The number of Topliss-reactive ketones (excluding diaryl/α,β-unsaturated/α-hetero) is 4. The quantitative estimate of drug-likeness (QED) is 0.662. The summed E-state index contributed by atoms with van der Waals surface area (Å²) in [5.41, 5.74) is 0. The molecule has 2 unspecified atom stereocenters. The lowest BCUT2D eigenvalue weighted by Crippen LogP contribution is -2.44. The second kappa shape index (κ2) is 14.6. The Morgan fingerprint density at radius 3 is 1.34 bits per heavy atom. The standard InChI is InChI=1S/2C12H21NO3/c2*1-4-10-5-9(14)6-13-12(8(2)3)11(15)7-16-10/h2*8,10,12-13H,4-7H2,1-3H3/t2*10?,12-/m00/s1. The largest absolute Gasteiger partial charge is 0.370 e. The molecule has 0 aliphatic carbocycles. The predicted molar refractivity (Wildman–Crippen MR) is 123 cm³/mol. The zero-order valence-corrected chi connectivity index (χ0v) is 20.6. The van der Waals surface area contributed by atoms with Crippen LogP contribution in [-0.2, 0) is 28.7 Å². The van der Waals surface area contributed by atoms with Crippen molar-refractivity contribution < 1.29 is 28.7 Å². The Bertz CT molecular complexity index is 580. The van der Waals surface area contributed by atoms with Gasteiger partial charge in [0.2, 0.25) is 0 Å². The minimum Gasteiger partial charge on any atom is -0.370 e. The van der Waals surface area contributed by atoms with Gasteiger partial charge >= 0.3 is 0 Å². The van der Waals surface area contributed by atoms with Crippen molar-refractivity contribution in [2.75, 3.05) is 26.3 Å². The highest BCUT2D eigenvalue weighted by Crippen LogP contribution is 2.11. The van der Waals surface area contributed by atoms with Gasteiger partial charge in [0, 0.05) is 12.8 Å². The third-order valence-electron chi connectivity index (χ3n) is 5.81. The molecule has 8 heteroatoms. The summed E-state index contributed by atoms with van der Waals surface area (Å²) in [6.45, 7) is 12.6. The molecule has 2 fully saturated rings. The van der Waals surface area contributed by atoms with Gasteiger partial charge in [0.1, 0.15) is 24.8 Å². The molecule has 0 radical (unpaired) electrons. The van der Waals surface area contributed by atoms with Crippen LogP contribution < -0.4 is 10.6 Å². The number of ether oxygens (including phenoxy) is 2. The molecule has 0 amide bonds. The molecule has 2 saturated heterocycles. The molecule has 32 heavy (non-hydrogen) atoms. The van der Waals surface area contributed by atoms with Crippen molar-refractivity contribution in [1.29, 1.82) is 0 Å². The van der Waals surface area contributed by atoms with E-state index in [9.17, 15) is 19.2 Å². The topological polar surface area (TPSA) is 111 Å². The number of hydrogen-bond acceptors (Lipinski definition) is 8. The lowest BCUT2D eigenvalue weighted by molar-refractivity contribution is -0.129. The van der Waals surface area contributed by atoms with Crippen LogP contribution in [0.4, 0.5) is 0 Å². The Hall–Kier alpha value is -1.48. The monoisotopic (exact) mass is 454 g/mol. The SMILES string of the molecule is CCC1CC(=O)CN[C@@H](C(C)C)C(=O)CO1.CCC1CC(=O)CN[C@@H](C(C)C)C(=O)CO1. The van der Waals surface area contributed by atoms with E-state index in [1.54, 1.807) is 0 Å². The molecule has 2 heterocycles. The van der Waals surface area contributed by atoms with E-state index in [1.807, 2.05) is 41.5 Å². The average Bonchev–Trinajstić information content (AvgIpc) is 2.85. The maximum absolute atomic E-state index is 11.8. The molecule has 2 N–H and O–H groups in total. The van der Waals surface area contributed by atoms with E-state index in [0.29, 0.717) is 12.8 Å². The second-order valence-electron chi connectivity index (χ2n) is 9.31. The van der Waals surface area contributed by atoms with Crippen LogP contribution in [-0.4, -0.2) is 73.7 Å². The van der Waals surface area contributed by atoms with Gasteiger partial charge in [-0.3, -0.25) is 19.2 Å². The minimum absolute atomic E-state index is 0.0446. The molecule has 0 bridgehead atoms. The minimum atomic E-state index is -0.264. The van der Waals surface area contributed by atoms with E-state index in [2.05, 4.69) is 10.6 Å². The molecular formula is C24H42N2O6. The fourth-order valence-corrected chi connectivity index (χ4v) is 3.76. The lowest BCUT2D eigenvalue weighted by atomic mass is 10.0. The molecule has 0 aromatic rings. The van der Waals surface area contributed by atoms with Gasteiger partial charge < -0.3 is 20.1 Å². The zero-order valence-electron chi connectivity index (χ0n) is 20.6. The molecule has 4 atom stereocenters. The Morgan fingerprint density at radius 1 is 0.719 bits per heavy atom. The smallest absolute Gasteiger partial charge is 0.175 e. The van der Waals surface area contributed by atoms with Crippen LogP contribution in [0, 0.1) is 11.8 Å². The summed E-state index contributed by atoms with van der Waals surface area (Å²) in [4.78, 5) is 46.8. The molecule has 0 saturated carbocycles. The number of ketones is 4. The maximum Gasteiger partial charge on any atom is 0.175 e. The van der Waals surface area contributed by atoms with Gasteiger partial charge in [-0.05, 0) is 24.7 Å². The van der Waals surface area contributed by atoms with Gasteiger partial charge in [-0.1, -0.05) is 41.5 Å². The molecule has 0 aromatic heterocycles. The summed E-state index contributed by atoms with van der Waals surface area (Å²) < 4.78 is 10.9. The van der Waals surface area contributed by atoms with Crippen LogP contribution in [0.25, 0.3) is 0 Å². The first-order valence-corrected chi connectivity index (χ1v) is 11.9. The molecule has 2 aliphatic heterocycles. The van der Waals surface area contributed by atoms with E-state index in [1.165, 1.54) is 0 Å². The van der Waals surface area contributed by atoms with Gasteiger partial charge in [-0.15, -0.1) is 0 Å².